The zero-order valence-electron chi connectivity index (χ0n) is 19.2. The monoisotopic (exact) mass is 492 g/mol. The van der Waals surface area contributed by atoms with Crippen molar-refractivity contribution in [2.75, 3.05) is 6.61 Å². The first-order chi connectivity index (χ1) is 16.8. The Bertz CT molecular complexity index is 1530. The highest BCUT2D eigenvalue weighted by molar-refractivity contribution is 7.94. The SMILES string of the molecule is Cn1c(=O)c(C(=O)NCc2ccc(C#N)cc2)cc2cncc(OCC3(S(=O)(=O)C4CC4)CC3)c21. The quantitative estimate of drug-likeness (QED) is 0.510. The molecule has 1 N–H and O–H groups in total. The summed E-state index contributed by atoms with van der Waals surface area (Å²) in [6, 6.07) is 10.3. The van der Waals surface area contributed by atoms with Crippen LogP contribution in [0.3, 0.4) is 0 Å². The molecular weight excluding hydrogens is 468 g/mol. The van der Waals surface area contributed by atoms with Crippen molar-refractivity contribution < 1.29 is 17.9 Å². The van der Waals surface area contributed by atoms with E-state index in [-0.39, 0.29) is 24.0 Å². The number of nitrogens with zero attached hydrogens (tertiary/aromatic N) is 3. The first kappa shape index (κ1) is 23.1. The van der Waals surface area contributed by atoms with Crippen molar-refractivity contribution in [3.8, 4) is 11.8 Å². The van der Waals surface area contributed by atoms with Crippen LogP contribution >= 0.6 is 0 Å². The molecule has 0 aliphatic heterocycles. The molecule has 2 fully saturated rings. The molecule has 2 saturated carbocycles. The van der Waals surface area contributed by atoms with Crippen LogP contribution in [0.4, 0.5) is 0 Å². The maximum absolute atomic E-state index is 13.0. The van der Waals surface area contributed by atoms with Crippen molar-refractivity contribution in [3.05, 3.63) is 69.8 Å². The molecule has 2 aliphatic carbocycles. The van der Waals surface area contributed by atoms with Crippen LogP contribution in [-0.4, -0.2) is 40.5 Å². The lowest BCUT2D eigenvalue weighted by molar-refractivity contribution is 0.0949. The van der Waals surface area contributed by atoms with Gasteiger partial charge < -0.3 is 14.6 Å². The Kier molecular flexibility index (Phi) is 5.60. The Hall–Kier alpha value is -3.71. The zero-order chi connectivity index (χ0) is 24.8. The highest BCUT2D eigenvalue weighted by Crippen LogP contribution is 2.50. The maximum Gasteiger partial charge on any atom is 0.263 e. The lowest BCUT2D eigenvalue weighted by Gasteiger charge is -2.18. The second-order valence-corrected chi connectivity index (χ2v) is 11.8. The van der Waals surface area contributed by atoms with E-state index in [1.165, 1.54) is 23.0 Å². The standard InChI is InChI=1S/C25H24N4O5S/c1-29-22-18(10-20(24(29)31)23(30)28-12-17-4-2-16(11-26)3-5-17)13-27-14-21(22)34-15-25(8-9-25)35(32,33)19-6-7-19/h2-5,10,13-14,19H,6-9,12,15H2,1H3,(H,28,30). The minimum absolute atomic E-state index is 0.0215. The summed E-state index contributed by atoms with van der Waals surface area (Å²) in [6.07, 6.45) is 5.58. The number of carbonyl (C=O) groups excluding carboxylic acids is 1. The van der Waals surface area contributed by atoms with E-state index in [2.05, 4.69) is 10.3 Å². The fourth-order valence-corrected chi connectivity index (χ4v) is 6.61. The summed E-state index contributed by atoms with van der Waals surface area (Å²) in [6.45, 7) is 0.221. The summed E-state index contributed by atoms with van der Waals surface area (Å²) in [4.78, 5) is 30.0. The van der Waals surface area contributed by atoms with Gasteiger partial charge in [-0.05, 0) is 49.4 Å². The van der Waals surface area contributed by atoms with Crippen molar-refractivity contribution in [1.82, 2.24) is 14.9 Å². The van der Waals surface area contributed by atoms with Gasteiger partial charge in [0.15, 0.2) is 15.6 Å². The number of carbonyl (C=O) groups is 1. The Labute approximate surface area is 202 Å². The molecule has 0 saturated heterocycles. The number of aromatic nitrogens is 2. The Balaban J connectivity index is 1.37. The molecule has 10 heteroatoms. The van der Waals surface area contributed by atoms with Crippen LogP contribution in [0.1, 0.15) is 47.2 Å². The average molecular weight is 493 g/mol. The van der Waals surface area contributed by atoms with Gasteiger partial charge in [-0.25, -0.2) is 8.42 Å². The van der Waals surface area contributed by atoms with Crippen molar-refractivity contribution in [2.24, 2.45) is 7.05 Å². The molecule has 3 aromatic rings. The number of rotatable bonds is 8. The molecule has 0 spiro atoms. The van der Waals surface area contributed by atoms with Gasteiger partial charge >= 0.3 is 0 Å². The van der Waals surface area contributed by atoms with Gasteiger partial charge in [0.25, 0.3) is 11.5 Å². The molecule has 0 atom stereocenters. The van der Waals surface area contributed by atoms with Crippen molar-refractivity contribution in [2.45, 2.75) is 42.2 Å². The smallest absolute Gasteiger partial charge is 0.263 e. The maximum atomic E-state index is 13.0. The molecule has 1 aromatic carbocycles. The van der Waals surface area contributed by atoms with Gasteiger partial charge in [-0.2, -0.15) is 5.26 Å². The molecule has 0 radical (unpaired) electrons. The Morgan fingerprint density at radius 1 is 1.26 bits per heavy atom. The predicted octanol–water partition coefficient (Wildman–Crippen LogP) is 2.22. The largest absolute Gasteiger partial charge is 0.488 e. The van der Waals surface area contributed by atoms with Gasteiger partial charge in [-0.15, -0.1) is 0 Å². The van der Waals surface area contributed by atoms with Crippen molar-refractivity contribution >= 4 is 26.6 Å². The summed E-state index contributed by atoms with van der Waals surface area (Å²) in [5.41, 5.74) is 1.22. The highest BCUT2D eigenvalue weighted by atomic mass is 32.2. The minimum atomic E-state index is -3.23. The summed E-state index contributed by atoms with van der Waals surface area (Å²) in [7, 11) is -1.69. The van der Waals surface area contributed by atoms with Crippen LogP contribution in [0.5, 0.6) is 5.75 Å². The number of fused-ring (bicyclic) bond motifs is 1. The third kappa shape index (κ3) is 4.17. The van der Waals surface area contributed by atoms with Gasteiger partial charge in [0, 0.05) is 25.2 Å². The second kappa shape index (κ2) is 8.50. The van der Waals surface area contributed by atoms with Crippen LogP contribution in [-0.2, 0) is 23.4 Å². The van der Waals surface area contributed by atoms with E-state index in [0.29, 0.717) is 47.9 Å². The molecule has 2 aliphatic rings. The summed E-state index contributed by atoms with van der Waals surface area (Å²) in [5, 5.41) is 11.9. The zero-order valence-corrected chi connectivity index (χ0v) is 20.0. The van der Waals surface area contributed by atoms with Gasteiger partial charge in [0.05, 0.1) is 28.6 Å². The number of pyridine rings is 2. The van der Waals surface area contributed by atoms with Gasteiger partial charge in [-0.1, -0.05) is 12.1 Å². The number of benzene rings is 1. The van der Waals surface area contributed by atoms with E-state index in [9.17, 15) is 18.0 Å². The Morgan fingerprint density at radius 3 is 2.60 bits per heavy atom. The summed E-state index contributed by atoms with van der Waals surface area (Å²) < 4.78 is 32.0. The number of hydrogen-bond donors (Lipinski definition) is 1. The average Bonchev–Trinajstić information content (AvgIpc) is 3.77. The summed E-state index contributed by atoms with van der Waals surface area (Å²) >= 11 is 0. The van der Waals surface area contributed by atoms with E-state index in [0.717, 1.165) is 5.56 Å². The summed E-state index contributed by atoms with van der Waals surface area (Å²) in [5.74, 6) is -0.223. The first-order valence-electron chi connectivity index (χ1n) is 11.4. The van der Waals surface area contributed by atoms with Crippen molar-refractivity contribution in [1.29, 1.82) is 5.26 Å². The predicted molar refractivity (Wildman–Crippen MR) is 129 cm³/mol. The molecule has 9 nitrogen and oxygen atoms in total. The fourth-order valence-electron chi connectivity index (χ4n) is 4.25. The molecular formula is C25H24N4O5S. The lowest BCUT2D eigenvalue weighted by atomic mass is 10.1. The normalized spacial score (nSPS) is 16.5. The molecule has 35 heavy (non-hydrogen) atoms. The molecule has 0 bridgehead atoms. The molecule has 180 valence electrons. The van der Waals surface area contributed by atoms with E-state index in [1.807, 2.05) is 6.07 Å². The van der Waals surface area contributed by atoms with Gasteiger partial charge in [-0.3, -0.25) is 14.6 Å². The number of aryl methyl sites for hydroxylation is 1. The lowest BCUT2D eigenvalue weighted by Crippen LogP contribution is -2.34. The number of ether oxygens (including phenoxy) is 1. The minimum Gasteiger partial charge on any atom is -0.488 e. The number of nitrogens with one attached hydrogen (secondary N) is 1. The highest BCUT2D eigenvalue weighted by Gasteiger charge is 2.60. The number of nitriles is 1. The molecule has 0 unspecified atom stereocenters. The van der Waals surface area contributed by atoms with Crippen molar-refractivity contribution in [3.63, 3.8) is 0 Å². The topological polar surface area (TPSA) is 131 Å². The van der Waals surface area contributed by atoms with Crippen LogP contribution in [0.25, 0.3) is 10.9 Å². The number of sulfone groups is 1. The molecule has 2 heterocycles. The van der Waals surface area contributed by atoms with Crippen LogP contribution in [0.15, 0.2) is 47.5 Å². The molecule has 1 amide bonds. The van der Waals surface area contributed by atoms with Gasteiger partial charge in [0.1, 0.15) is 16.9 Å². The van der Waals surface area contributed by atoms with E-state index in [4.69, 9.17) is 10.00 Å². The second-order valence-electron chi connectivity index (χ2n) is 9.21. The van der Waals surface area contributed by atoms with E-state index >= 15 is 0 Å². The Morgan fingerprint density at radius 2 is 1.97 bits per heavy atom. The van der Waals surface area contributed by atoms with Crippen LogP contribution in [0, 0.1) is 11.3 Å². The first-order valence-corrected chi connectivity index (χ1v) is 12.9. The van der Waals surface area contributed by atoms with Crippen LogP contribution in [0.2, 0.25) is 0 Å². The van der Waals surface area contributed by atoms with E-state index < -0.39 is 26.1 Å². The molecule has 2 aromatic heterocycles. The third-order valence-corrected chi connectivity index (χ3v) is 9.81. The van der Waals surface area contributed by atoms with Gasteiger partial charge in [0.2, 0.25) is 0 Å². The van der Waals surface area contributed by atoms with E-state index in [1.54, 1.807) is 31.3 Å². The molecule has 5 rings (SSSR count). The van der Waals surface area contributed by atoms with Crippen LogP contribution < -0.4 is 15.6 Å². The number of hydrogen-bond acceptors (Lipinski definition) is 7. The number of amides is 1. The fraction of sp³-hybridized carbons (Fsp3) is 0.360. The third-order valence-electron chi connectivity index (χ3n) is 6.73.